The number of aliphatic hydroxyl groups is 1. The number of ether oxygens (including phenoxy) is 2. The van der Waals surface area contributed by atoms with E-state index in [1.165, 1.54) is 12.1 Å². The molecule has 2 atom stereocenters. The smallest absolute Gasteiger partial charge is 0.312 e. The maximum Gasteiger partial charge on any atom is 0.312 e. The average molecular weight is 389 g/mol. The van der Waals surface area contributed by atoms with Gasteiger partial charge < -0.3 is 19.9 Å². The van der Waals surface area contributed by atoms with E-state index >= 15 is 0 Å². The van der Waals surface area contributed by atoms with Crippen LogP contribution in [0.2, 0.25) is 0 Å². The summed E-state index contributed by atoms with van der Waals surface area (Å²) >= 11 is 0. The fourth-order valence-corrected chi connectivity index (χ4v) is 2.62. The van der Waals surface area contributed by atoms with Gasteiger partial charge in [0.15, 0.2) is 6.29 Å². The molecule has 0 aliphatic carbocycles. The highest BCUT2D eigenvalue weighted by Gasteiger charge is 2.19. The Morgan fingerprint density at radius 3 is 2.50 bits per heavy atom. The van der Waals surface area contributed by atoms with Gasteiger partial charge in [0.25, 0.3) is 10.1 Å². The summed E-state index contributed by atoms with van der Waals surface area (Å²) in [6.07, 6.45) is -0.688. The van der Waals surface area contributed by atoms with Crippen LogP contribution in [-0.2, 0) is 35.0 Å². The molecule has 10 heteroatoms. The number of hydrogen-bond donors (Lipinski definition) is 2. The molecule has 0 aromatic heterocycles. The Morgan fingerprint density at radius 1 is 1.31 bits per heavy atom. The van der Waals surface area contributed by atoms with Crippen molar-refractivity contribution in [2.75, 3.05) is 19.5 Å². The molecule has 0 saturated carbocycles. The highest BCUT2D eigenvalue weighted by molar-refractivity contribution is 7.86. The van der Waals surface area contributed by atoms with Crippen molar-refractivity contribution in [3.05, 3.63) is 29.8 Å². The summed E-state index contributed by atoms with van der Waals surface area (Å²) in [7, 11) is -2.69. The van der Waals surface area contributed by atoms with Crippen LogP contribution in [0.3, 0.4) is 0 Å². The summed E-state index contributed by atoms with van der Waals surface area (Å²) in [5.74, 6) is -0.918. The Morgan fingerprint density at radius 2 is 1.96 bits per heavy atom. The Balaban J connectivity index is 2.61. The molecule has 1 rings (SSSR count). The number of esters is 1. The number of carbonyl (C=O) groups excluding carboxylic acids is 2. The largest absolute Gasteiger partial charge is 0.427 e. The lowest BCUT2D eigenvalue weighted by atomic mass is 10.1. The van der Waals surface area contributed by atoms with Crippen LogP contribution in [-0.4, -0.2) is 57.7 Å². The van der Waals surface area contributed by atoms with Crippen LogP contribution >= 0.6 is 0 Å². The minimum absolute atomic E-state index is 0.249. The van der Waals surface area contributed by atoms with E-state index < -0.39 is 34.2 Å². The SMILES string of the molecule is CCOC(O)C(Cc1ccc(OC(=O)CCS(=O)(=O)OC)cc1)NC=O. The molecule has 2 unspecified atom stereocenters. The van der Waals surface area contributed by atoms with Crippen LogP contribution in [0.25, 0.3) is 0 Å². The van der Waals surface area contributed by atoms with Crippen molar-refractivity contribution in [2.24, 2.45) is 0 Å². The van der Waals surface area contributed by atoms with Crippen LogP contribution in [0.1, 0.15) is 18.9 Å². The van der Waals surface area contributed by atoms with E-state index in [2.05, 4.69) is 9.50 Å². The highest BCUT2D eigenvalue weighted by Crippen LogP contribution is 2.15. The summed E-state index contributed by atoms with van der Waals surface area (Å²) in [5.41, 5.74) is 0.768. The summed E-state index contributed by atoms with van der Waals surface area (Å²) < 4.78 is 36.7. The topological polar surface area (TPSA) is 128 Å². The van der Waals surface area contributed by atoms with Crippen LogP contribution in [0, 0.1) is 0 Å². The second-order valence-corrected chi connectivity index (χ2v) is 7.09. The highest BCUT2D eigenvalue weighted by atomic mass is 32.2. The first kappa shape index (κ1) is 22.0. The third-order valence-corrected chi connectivity index (χ3v) is 4.60. The molecule has 0 aliphatic heterocycles. The zero-order valence-electron chi connectivity index (χ0n) is 14.6. The van der Waals surface area contributed by atoms with E-state index in [9.17, 15) is 23.1 Å². The molecule has 0 spiro atoms. The van der Waals surface area contributed by atoms with E-state index in [1.807, 2.05) is 0 Å². The quantitative estimate of drug-likeness (QED) is 0.168. The maximum atomic E-state index is 11.6. The van der Waals surface area contributed by atoms with Crippen molar-refractivity contribution in [2.45, 2.75) is 32.1 Å². The molecular formula is C16H23NO8S. The second-order valence-electron chi connectivity index (χ2n) is 5.24. The van der Waals surface area contributed by atoms with Crippen molar-refractivity contribution in [1.82, 2.24) is 5.32 Å². The molecule has 0 aliphatic rings. The zero-order chi connectivity index (χ0) is 19.6. The van der Waals surface area contributed by atoms with Gasteiger partial charge >= 0.3 is 5.97 Å². The Kier molecular flexibility index (Phi) is 9.21. The van der Waals surface area contributed by atoms with Crippen molar-refractivity contribution in [3.63, 3.8) is 0 Å². The Bertz CT molecular complexity index is 674. The fraction of sp³-hybridized carbons (Fsp3) is 0.500. The normalized spacial score (nSPS) is 13.7. The van der Waals surface area contributed by atoms with Gasteiger partial charge in [0.1, 0.15) is 5.75 Å². The molecule has 146 valence electrons. The van der Waals surface area contributed by atoms with Gasteiger partial charge in [0.05, 0.1) is 25.3 Å². The molecule has 1 aromatic rings. The van der Waals surface area contributed by atoms with Gasteiger partial charge in [-0.3, -0.25) is 13.8 Å². The average Bonchev–Trinajstić information content (AvgIpc) is 2.61. The van der Waals surface area contributed by atoms with Gasteiger partial charge in [-0.1, -0.05) is 12.1 Å². The summed E-state index contributed by atoms with van der Waals surface area (Å²) in [6, 6.07) is 5.76. The first-order chi connectivity index (χ1) is 12.3. The molecule has 0 fully saturated rings. The zero-order valence-corrected chi connectivity index (χ0v) is 15.4. The minimum Gasteiger partial charge on any atom is -0.427 e. The molecule has 0 radical (unpaired) electrons. The van der Waals surface area contributed by atoms with Crippen LogP contribution in [0.4, 0.5) is 0 Å². The maximum absolute atomic E-state index is 11.6. The molecule has 0 bridgehead atoms. The molecule has 0 saturated heterocycles. The fourth-order valence-electron chi connectivity index (χ4n) is 2.04. The van der Waals surface area contributed by atoms with Gasteiger partial charge in [-0.15, -0.1) is 0 Å². The predicted octanol–water partition coefficient (Wildman–Crippen LogP) is -0.0297. The summed E-state index contributed by atoms with van der Waals surface area (Å²) in [6.45, 7) is 2.02. The van der Waals surface area contributed by atoms with Gasteiger partial charge in [-0.25, -0.2) is 0 Å². The van der Waals surface area contributed by atoms with Crippen LogP contribution in [0.15, 0.2) is 24.3 Å². The lowest BCUT2D eigenvalue weighted by Gasteiger charge is -2.22. The van der Waals surface area contributed by atoms with Gasteiger partial charge in [-0.05, 0) is 31.0 Å². The number of benzene rings is 1. The minimum atomic E-state index is -3.72. The number of hydrogen-bond acceptors (Lipinski definition) is 8. The number of nitrogens with one attached hydrogen (secondary N) is 1. The van der Waals surface area contributed by atoms with E-state index in [-0.39, 0.29) is 12.2 Å². The summed E-state index contributed by atoms with van der Waals surface area (Å²) in [5, 5.41) is 12.3. The van der Waals surface area contributed by atoms with E-state index in [4.69, 9.17) is 9.47 Å². The van der Waals surface area contributed by atoms with Crippen molar-refractivity contribution in [1.29, 1.82) is 0 Å². The van der Waals surface area contributed by atoms with Crippen LogP contribution in [0.5, 0.6) is 5.75 Å². The van der Waals surface area contributed by atoms with Gasteiger partial charge in [0.2, 0.25) is 6.41 Å². The molecular weight excluding hydrogens is 366 g/mol. The van der Waals surface area contributed by atoms with E-state index in [0.29, 0.717) is 19.4 Å². The van der Waals surface area contributed by atoms with Crippen molar-refractivity contribution in [3.8, 4) is 5.75 Å². The number of carbonyl (C=O) groups is 2. The third kappa shape index (κ3) is 7.91. The molecule has 1 amide bonds. The molecule has 0 heterocycles. The second kappa shape index (κ2) is 10.9. The molecule has 1 aromatic carbocycles. The number of aliphatic hydroxyl groups excluding tert-OH is 1. The number of rotatable bonds is 12. The van der Waals surface area contributed by atoms with E-state index in [0.717, 1.165) is 12.7 Å². The monoisotopic (exact) mass is 389 g/mol. The van der Waals surface area contributed by atoms with Gasteiger partial charge in [0, 0.05) is 6.61 Å². The molecule has 9 nitrogen and oxygen atoms in total. The first-order valence-corrected chi connectivity index (χ1v) is 9.46. The van der Waals surface area contributed by atoms with E-state index in [1.54, 1.807) is 19.1 Å². The predicted molar refractivity (Wildman–Crippen MR) is 91.8 cm³/mol. The van der Waals surface area contributed by atoms with Gasteiger partial charge in [-0.2, -0.15) is 8.42 Å². The lowest BCUT2D eigenvalue weighted by molar-refractivity contribution is -0.134. The van der Waals surface area contributed by atoms with Crippen molar-refractivity contribution < 1.29 is 36.8 Å². The van der Waals surface area contributed by atoms with Crippen LogP contribution < -0.4 is 10.1 Å². The molecule has 2 N–H and O–H groups in total. The summed E-state index contributed by atoms with van der Waals surface area (Å²) in [4.78, 5) is 22.3. The lowest BCUT2D eigenvalue weighted by Crippen LogP contribution is -2.42. The molecule has 26 heavy (non-hydrogen) atoms. The number of amides is 1. The Labute approximate surface area is 152 Å². The first-order valence-electron chi connectivity index (χ1n) is 7.88. The van der Waals surface area contributed by atoms with Crippen molar-refractivity contribution >= 4 is 22.5 Å². The standard InChI is InChI=1S/C16H23NO8S/c1-3-24-16(20)14(17-11-18)10-12-4-6-13(7-5-12)25-15(19)8-9-26(21,22)23-2/h4-7,11,14,16,20H,3,8-10H2,1-2H3,(H,17,18). The third-order valence-electron chi connectivity index (χ3n) is 3.38. The Hall–Kier alpha value is -2.01.